The lowest BCUT2D eigenvalue weighted by Gasteiger charge is -2.20. The van der Waals surface area contributed by atoms with Gasteiger partial charge in [0.25, 0.3) is 0 Å². The maximum absolute atomic E-state index is 13.7. The molecule has 1 aliphatic heterocycles. The van der Waals surface area contributed by atoms with Gasteiger partial charge in [-0.1, -0.05) is 0 Å². The summed E-state index contributed by atoms with van der Waals surface area (Å²) < 4.78 is 40.1. The molecule has 1 unspecified atom stereocenters. The van der Waals surface area contributed by atoms with Crippen LogP contribution in [0.15, 0.2) is 17.0 Å². The molecule has 0 spiro atoms. The molecule has 2 N–H and O–H groups in total. The molecule has 2 rings (SSSR count). The molecule has 0 aromatic heterocycles. The van der Waals surface area contributed by atoms with Crippen LogP contribution in [0.2, 0.25) is 0 Å². The van der Waals surface area contributed by atoms with E-state index in [1.165, 1.54) is 17.3 Å². The molecule has 20 heavy (non-hydrogen) atoms. The van der Waals surface area contributed by atoms with Crippen LogP contribution < -0.4 is 5.73 Å². The smallest absolute Gasteiger partial charge is 0.243 e. The summed E-state index contributed by atoms with van der Waals surface area (Å²) in [6.45, 7) is 2.39. The summed E-state index contributed by atoms with van der Waals surface area (Å²) >= 11 is 0. The van der Waals surface area contributed by atoms with Gasteiger partial charge >= 0.3 is 0 Å². The van der Waals surface area contributed by atoms with Crippen molar-refractivity contribution in [2.75, 3.05) is 32.9 Å². The van der Waals surface area contributed by atoms with Crippen LogP contribution in [-0.4, -0.2) is 50.8 Å². The molecular weight excluding hydrogens is 281 g/mol. The van der Waals surface area contributed by atoms with Gasteiger partial charge in [-0.25, -0.2) is 12.8 Å². The fourth-order valence-electron chi connectivity index (χ4n) is 2.32. The number of hydrogen-bond acceptors (Lipinski definition) is 4. The highest BCUT2D eigenvalue weighted by atomic mass is 32.2. The Morgan fingerprint density at radius 1 is 1.40 bits per heavy atom. The summed E-state index contributed by atoms with van der Waals surface area (Å²) in [5, 5.41) is 0. The number of halogens is 1. The Morgan fingerprint density at radius 3 is 2.55 bits per heavy atom. The number of nitrogen functional groups attached to an aromatic ring is 1. The lowest BCUT2D eigenvalue weighted by molar-refractivity contribution is 0.302. The van der Waals surface area contributed by atoms with Crippen molar-refractivity contribution in [1.82, 2.24) is 9.21 Å². The summed E-state index contributed by atoms with van der Waals surface area (Å²) in [4.78, 5) is 1.93. The fourth-order valence-corrected chi connectivity index (χ4v) is 3.86. The molecule has 1 aromatic rings. The highest BCUT2D eigenvalue weighted by Gasteiger charge is 2.33. The number of nitrogens with two attached hydrogens (primary N) is 1. The fraction of sp³-hybridized carbons (Fsp3) is 0.538. The van der Waals surface area contributed by atoms with Crippen LogP contribution >= 0.6 is 0 Å². The third kappa shape index (κ3) is 2.65. The molecule has 0 aliphatic carbocycles. The van der Waals surface area contributed by atoms with Crippen LogP contribution in [0, 0.1) is 12.7 Å². The van der Waals surface area contributed by atoms with Crippen LogP contribution in [0.25, 0.3) is 0 Å². The Balaban J connectivity index is 2.32. The average molecular weight is 301 g/mol. The van der Waals surface area contributed by atoms with Gasteiger partial charge < -0.3 is 10.6 Å². The normalized spacial score (nSPS) is 20.8. The molecule has 5 nitrogen and oxygen atoms in total. The van der Waals surface area contributed by atoms with E-state index in [-0.39, 0.29) is 22.2 Å². The predicted octanol–water partition coefficient (Wildman–Crippen LogP) is 1.04. The Bertz CT molecular complexity index is 593. The second-order valence-electron chi connectivity index (χ2n) is 5.39. The lowest BCUT2D eigenvalue weighted by Crippen LogP contribution is -2.34. The summed E-state index contributed by atoms with van der Waals surface area (Å²) in [6, 6.07) is 2.57. The molecule has 1 atom stereocenters. The van der Waals surface area contributed by atoms with Gasteiger partial charge in [-0.2, -0.15) is 4.31 Å². The van der Waals surface area contributed by atoms with Crippen molar-refractivity contribution in [3.05, 3.63) is 23.5 Å². The maximum atomic E-state index is 13.7. The van der Waals surface area contributed by atoms with Gasteiger partial charge in [0.1, 0.15) is 5.82 Å². The van der Waals surface area contributed by atoms with E-state index in [0.29, 0.717) is 13.1 Å². The number of benzene rings is 1. The van der Waals surface area contributed by atoms with E-state index >= 15 is 0 Å². The largest absolute Gasteiger partial charge is 0.398 e. The first-order valence-electron chi connectivity index (χ1n) is 6.45. The van der Waals surface area contributed by atoms with Crippen LogP contribution in [0.1, 0.15) is 12.0 Å². The third-order valence-electron chi connectivity index (χ3n) is 3.85. The minimum absolute atomic E-state index is 0.0718. The van der Waals surface area contributed by atoms with Crippen molar-refractivity contribution in [3.8, 4) is 0 Å². The second-order valence-corrected chi connectivity index (χ2v) is 7.33. The number of sulfonamides is 1. The second kappa shape index (κ2) is 5.31. The van der Waals surface area contributed by atoms with Gasteiger partial charge in [-0.05, 0) is 39.6 Å². The number of rotatable bonds is 3. The Hall–Kier alpha value is -1.18. The summed E-state index contributed by atoms with van der Waals surface area (Å²) in [6.07, 6.45) is 0.774. The average Bonchev–Trinajstić information content (AvgIpc) is 2.85. The minimum Gasteiger partial charge on any atom is -0.398 e. The summed E-state index contributed by atoms with van der Waals surface area (Å²) in [5.41, 5.74) is 6.09. The summed E-state index contributed by atoms with van der Waals surface area (Å²) in [5.74, 6) is -0.591. The molecule has 7 heteroatoms. The highest BCUT2D eigenvalue weighted by molar-refractivity contribution is 7.89. The van der Waals surface area contributed by atoms with Crippen molar-refractivity contribution >= 4 is 15.7 Å². The van der Waals surface area contributed by atoms with Crippen LogP contribution in [0.3, 0.4) is 0 Å². The summed E-state index contributed by atoms with van der Waals surface area (Å²) in [7, 11) is 0.162. The van der Waals surface area contributed by atoms with Crippen molar-refractivity contribution < 1.29 is 12.8 Å². The molecular formula is C13H20FN3O2S. The zero-order valence-corrected chi connectivity index (χ0v) is 12.7. The van der Waals surface area contributed by atoms with E-state index in [4.69, 9.17) is 5.73 Å². The first kappa shape index (κ1) is 15.2. The maximum Gasteiger partial charge on any atom is 0.243 e. The van der Waals surface area contributed by atoms with E-state index in [9.17, 15) is 12.8 Å². The molecule has 1 aliphatic rings. The van der Waals surface area contributed by atoms with Crippen molar-refractivity contribution in [1.29, 1.82) is 0 Å². The van der Waals surface area contributed by atoms with E-state index < -0.39 is 15.8 Å². The highest BCUT2D eigenvalue weighted by Crippen LogP contribution is 2.26. The molecule has 1 aromatic carbocycles. The van der Waals surface area contributed by atoms with Gasteiger partial charge in [0.05, 0.1) is 4.90 Å². The van der Waals surface area contributed by atoms with E-state index in [0.717, 1.165) is 12.5 Å². The first-order valence-corrected chi connectivity index (χ1v) is 7.89. The number of nitrogens with zero attached hydrogens (tertiary/aromatic N) is 2. The molecule has 0 saturated carbocycles. The SMILES string of the molecule is Cc1c(N)cc(S(=O)(=O)N2CCC(N(C)C)C2)cc1F. The number of likely N-dealkylation sites (N-methyl/N-ethyl adjacent to an activating group) is 1. The number of hydrogen-bond donors (Lipinski definition) is 1. The molecule has 1 fully saturated rings. The van der Waals surface area contributed by atoms with Gasteiger partial charge in [0, 0.05) is 30.4 Å². The zero-order valence-electron chi connectivity index (χ0n) is 11.9. The van der Waals surface area contributed by atoms with Crippen LogP contribution in [0.4, 0.5) is 10.1 Å². The first-order chi connectivity index (χ1) is 9.23. The van der Waals surface area contributed by atoms with Gasteiger partial charge in [0.15, 0.2) is 0 Å². The Labute approximate surface area is 119 Å². The monoisotopic (exact) mass is 301 g/mol. The number of anilines is 1. The van der Waals surface area contributed by atoms with Crippen molar-refractivity contribution in [2.45, 2.75) is 24.3 Å². The van der Waals surface area contributed by atoms with Crippen LogP contribution in [-0.2, 0) is 10.0 Å². The quantitative estimate of drug-likeness (QED) is 0.847. The Morgan fingerprint density at radius 2 is 2.05 bits per heavy atom. The van der Waals surface area contributed by atoms with E-state index in [1.807, 2.05) is 19.0 Å². The molecule has 1 saturated heterocycles. The van der Waals surface area contributed by atoms with Gasteiger partial charge in [-0.15, -0.1) is 0 Å². The predicted molar refractivity (Wildman–Crippen MR) is 76.4 cm³/mol. The molecule has 0 amide bonds. The van der Waals surface area contributed by atoms with E-state index in [1.54, 1.807) is 0 Å². The van der Waals surface area contributed by atoms with Crippen molar-refractivity contribution in [3.63, 3.8) is 0 Å². The molecule has 0 radical (unpaired) electrons. The van der Waals surface area contributed by atoms with Crippen molar-refractivity contribution in [2.24, 2.45) is 0 Å². The Kier molecular flexibility index (Phi) is 4.04. The lowest BCUT2D eigenvalue weighted by atomic mass is 10.2. The molecule has 112 valence electrons. The third-order valence-corrected chi connectivity index (χ3v) is 5.70. The van der Waals surface area contributed by atoms with Gasteiger partial charge in [-0.3, -0.25) is 0 Å². The zero-order chi connectivity index (χ0) is 15.1. The molecule has 0 bridgehead atoms. The van der Waals surface area contributed by atoms with Crippen LogP contribution in [0.5, 0.6) is 0 Å². The van der Waals surface area contributed by atoms with Gasteiger partial charge in [0.2, 0.25) is 10.0 Å². The topological polar surface area (TPSA) is 66.6 Å². The standard InChI is InChI=1S/C13H20FN3O2S/c1-9-12(14)6-11(7-13(9)15)20(18,19)17-5-4-10(8-17)16(2)3/h6-7,10H,4-5,8,15H2,1-3H3. The van der Waals surface area contributed by atoms with E-state index in [2.05, 4.69) is 0 Å². The molecule has 1 heterocycles. The minimum atomic E-state index is -3.68.